The monoisotopic (exact) mass is 352 g/mol. The van der Waals surface area contributed by atoms with E-state index in [1.807, 2.05) is 43.3 Å². The van der Waals surface area contributed by atoms with Gasteiger partial charge in [-0.1, -0.05) is 30.3 Å². The van der Waals surface area contributed by atoms with Gasteiger partial charge in [0, 0.05) is 11.8 Å². The second-order valence-corrected chi connectivity index (χ2v) is 5.99. The molecule has 1 aliphatic heterocycles. The minimum atomic E-state index is -0.574. The summed E-state index contributed by atoms with van der Waals surface area (Å²) in [4.78, 5) is 32.2. The third kappa shape index (κ3) is 4.05. The first-order valence-corrected chi connectivity index (χ1v) is 8.28. The van der Waals surface area contributed by atoms with Crippen LogP contribution in [-0.2, 0) is 22.5 Å². The molecule has 0 bridgehead atoms. The number of aromatic nitrogens is 1. The molecule has 0 spiro atoms. The van der Waals surface area contributed by atoms with E-state index in [1.165, 1.54) is 7.11 Å². The first-order chi connectivity index (χ1) is 12.6. The molecule has 2 amide bonds. The number of carbonyl (C=O) groups is 2. The second kappa shape index (κ2) is 7.77. The molecule has 7 nitrogen and oxygen atoms in total. The van der Waals surface area contributed by atoms with Crippen LogP contribution in [0.15, 0.2) is 47.6 Å². The first kappa shape index (κ1) is 17.6. The van der Waals surface area contributed by atoms with Crippen LogP contribution in [-0.4, -0.2) is 29.9 Å². The fourth-order valence-electron chi connectivity index (χ4n) is 2.77. The van der Waals surface area contributed by atoms with Crippen molar-refractivity contribution in [3.63, 3.8) is 0 Å². The SMILES string of the molecule is COC(=O)NC1=NCc2cc(CC(=O)N[C@H](C)c3ccccc3)ncc21. The molecule has 26 heavy (non-hydrogen) atoms. The Morgan fingerprint density at radius 2 is 2.04 bits per heavy atom. The number of pyridine rings is 1. The van der Waals surface area contributed by atoms with E-state index in [1.54, 1.807) is 6.20 Å². The molecule has 0 saturated heterocycles. The lowest BCUT2D eigenvalue weighted by atomic mass is 10.1. The molecule has 0 saturated carbocycles. The maximum Gasteiger partial charge on any atom is 0.412 e. The molecule has 0 fully saturated rings. The lowest BCUT2D eigenvalue weighted by Gasteiger charge is -2.14. The van der Waals surface area contributed by atoms with Crippen LogP contribution in [0.1, 0.15) is 35.3 Å². The van der Waals surface area contributed by atoms with Crippen LogP contribution in [0.25, 0.3) is 0 Å². The Balaban J connectivity index is 1.61. The van der Waals surface area contributed by atoms with Gasteiger partial charge >= 0.3 is 6.09 Å². The third-order valence-electron chi connectivity index (χ3n) is 4.13. The number of amides is 2. The number of rotatable bonds is 4. The molecule has 7 heteroatoms. The largest absolute Gasteiger partial charge is 0.453 e. The summed E-state index contributed by atoms with van der Waals surface area (Å²) in [5, 5.41) is 5.53. The third-order valence-corrected chi connectivity index (χ3v) is 4.13. The smallest absolute Gasteiger partial charge is 0.412 e. The summed E-state index contributed by atoms with van der Waals surface area (Å²) in [6.07, 6.45) is 1.24. The van der Waals surface area contributed by atoms with E-state index >= 15 is 0 Å². The minimum absolute atomic E-state index is 0.0719. The molecule has 1 aliphatic rings. The number of benzene rings is 1. The standard InChI is InChI=1S/C19H20N4O3/c1-12(13-6-4-3-5-7-13)22-17(24)9-15-8-14-10-21-18(16(14)11-20-15)23-19(25)26-2/h3-8,11-12H,9-10H2,1-2H3,(H,22,24)(H,21,23,25)/t12-/m1/s1. The topological polar surface area (TPSA) is 92.7 Å². The fourth-order valence-corrected chi connectivity index (χ4v) is 2.77. The van der Waals surface area contributed by atoms with Crippen LogP contribution in [0.4, 0.5) is 4.79 Å². The van der Waals surface area contributed by atoms with Gasteiger partial charge in [0.25, 0.3) is 0 Å². The average Bonchev–Trinajstić information content (AvgIpc) is 3.04. The van der Waals surface area contributed by atoms with Crippen molar-refractivity contribution in [2.24, 2.45) is 4.99 Å². The molecule has 2 aromatic rings. The van der Waals surface area contributed by atoms with Gasteiger partial charge in [-0.2, -0.15) is 0 Å². The van der Waals surface area contributed by atoms with Crippen LogP contribution < -0.4 is 10.6 Å². The molecule has 134 valence electrons. The summed E-state index contributed by atoms with van der Waals surface area (Å²) in [5.74, 6) is 0.341. The van der Waals surface area contributed by atoms with Crippen LogP contribution in [0.3, 0.4) is 0 Å². The van der Waals surface area contributed by atoms with Crippen molar-refractivity contribution >= 4 is 17.8 Å². The molecule has 1 aromatic heterocycles. The fraction of sp³-hybridized carbons (Fsp3) is 0.263. The van der Waals surface area contributed by atoms with E-state index in [4.69, 9.17) is 0 Å². The van der Waals surface area contributed by atoms with E-state index in [9.17, 15) is 9.59 Å². The van der Waals surface area contributed by atoms with E-state index in [0.29, 0.717) is 18.1 Å². The Labute approximate surface area is 151 Å². The molecule has 1 atom stereocenters. The van der Waals surface area contributed by atoms with Gasteiger partial charge in [-0.3, -0.25) is 20.1 Å². The summed E-state index contributed by atoms with van der Waals surface area (Å²) < 4.78 is 4.57. The van der Waals surface area contributed by atoms with Crippen molar-refractivity contribution in [2.45, 2.75) is 25.9 Å². The predicted molar refractivity (Wildman–Crippen MR) is 96.7 cm³/mol. The van der Waals surface area contributed by atoms with Gasteiger partial charge < -0.3 is 10.1 Å². The number of carbonyl (C=O) groups excluding carboxylic acids is 2. The zero-order valence-electron chi connectivity index (χ0n) is 14.7. The summed E-state index contributed by atoms with van der Waals surface area (Å²) >= 11 is 0. The maximum absolute atomic E-state index is 12.3. The molecule has 0 unspecified atom stereocenters. The minimum Gasteiger partial charge on any atom is -0.453 e. The zero-order chi connectivity index (χ0) is 18.5. The molecule has 1 aromatic carbocycles. The van der Waals surface area contributed by atoms with Gasteiger partial charge in [-0.25, -0.2) is 4.79 Å². The Morgan fingerprint density at radius 1 is 1.27 bits per heavy atom. The number of nitrogens with one attached hydrogen (secondary N) is 2. The van der Waals surface area contributed by atoms with Gasteiger partial charge in [0.05, 0.1) is 31.8 Å². The zero-order valence-corrected chi connectivity index (χ0v) is 14.7. The van der Waals surface area contributed by atoms with Crippen LogP contribution in [0.2, 0.25) is 0 Å². The van der Waals surface area contributed by atoms with E-state index in [0.717, 1.165) is 16.7 Å². The number of ether oxygens (including phenoxy) is 1. The van der Waals surface area contributed by atoms with Gasteiger partial charge in [0.1, 0.15) is 5.84 Å². The molecular weight excluding hydrogens is 332 g/mol. The summed E-state index contributed by atoms with van der Waals surface area (Å²) in [6.45, 7) is 2.38. The highest BCUT2D eigenvalue weighted by atomic mass is 16.5. The maximum atomic E-state index is 12.3. The number of hydrogen-bond acceptors (Lipinski definition) is 5. The van der Waals surface area contributed by atoms with Crippen molar-refractivity contribution < 1.29 is 14.3 Å². The van der Waals surface area contributed by atoms with Gasteiger partial charge in [0.15, 0.2) is 0 Å². The number of alkyl carbamates (subject to hydrolysis) is 1. The first-order valence-electron chi connectivity index (χ1n) is 8.28. The molecule has 3 rings (SSSR count). The Hall–Kier alpha value is -3.22. The van der Waals surface area contributed by atoms with E-state index in [2.05, 4.69) is 25.3 Å². The lowest BCUT2D eigenvalue weighted by molar-refractivity contribution is -0.121. The van der Waals surface area contributed by atoms with E-state index in [-0.39, 0.29) is 18.4 Å². The summed E-state index contributed by atoms with van der Waals surface area (Å²) in [5.41, 5.74) is 3.38. The van der Waals surface area contributed by atoms with E-state index < -0.39 is 6.09 Å². The van der Waals surface area contributed by atoms with Crippen molar-refractivity contribution in [3.05, 3.63) is 65.0 Å². The lowest BCUT2D eigenvalue weighted by Crippen LogP contribution is -2.30. The molecule has 0 radical (unpaired) electrons. The number of nitrogens with zero attached hydrogens (tertiary/aromatic N) is 2. The predicted octanol–water partition coefficient (Wildman–Crippen LogP) is 2.12. The normalized spacial score (nSPS) is 13.4. The Kier molecular flexibility index (Phi) is 5.26. The number of amidine groups is 1. The average molecular weight is 352 g/mol. The van der Waals surface area contributed by atoms with Crippen molar-refractivity contribution in [2.75, 3.05) is 7.11 Å². The van der Waals surface area contributed by atoms with Crippen molar-refractivity contribution in [3.8, 4) is 0 Å². The van der Waals surface area contributed by atoms with Gasteiger partial charge in [0.2, 0.25) is 5.91 Å². The Morgan fingerprint density at radius 3 is 2.77 bits per heavy atom. The quantitative estimate of drug-likeness (QED) is 0.881. The van der Waals surface area contributed by atoms with Crippen LogP contribution in [0, 0.1) is 0 Å². The molecule has 2 heterocycles. The van der Waals surface area contributed by atoms with Gasteiger partial charge in [-0.05, 0) is 24.1 Å². The molecule has 0 aliphatic carbocycles. The van der Waals surface area contributed by atoms with Crippen LogP contribution >= 0.6 is 0 Å². The second-order valence-electron chi connectivity index (χ2n) is 5.99. The highest BCUT2D eigenvalue weighted by molar-refractivity contribution is 6.08. The molecule has 2 N–H and O–H groups in total. The van der Waals surface area contributed by atoms with Gasteiger partial charge in [-0.15, -0.1) is 0 Å². The summed E-state index contributed by atoms with van der Waals surface area (Å²) in [7, 11) is 1.29. The highest BCUT2D eigenvalue weighted by Crippen LogP contribution is 2.18. The summed E-state index contributed by atoms with van der Waals surface area (Å²) in [6, 6.07) is 11.6. The van der Waals surface area contributed by atoms with Crippen molar-refractivity contribution in [1.82, 2.24) is 15.6 Å². The number of methoxy groups -OCH3 is 1. The van der Waals surface area contributed by atoms with Crippen LogP contribution in [0.5, 0.6) is 0 Å². The highest BCUT2D eigenvalue weighted by Gasteiger charge is 2.20. The van der Waals surface area contributed by atoms with Crippen molar-refractivity contribution in [1.29, 1.82) is 0 Å². The molecular formula is C19H20N4O3. The number of fused-ring (bicyclic) bond motifs is 1. The number of hydrogen-bond donors (Lipinski definition) is 2. The Bertz CT molecular complexity index is 849. The number of aliphatic imine (C=N–C) groups is 1.